The number of nitrogens with zero attached hydrogens (tertiary/aromatic N) is 2. The summed E-state index contributed by atoms with van der Waals surface area (Å²) >= 11 is 6.44. The van der Waals surface area contributed by atoms with E-state index in [0.29, 0.717) is 13.0 Å². The third kappa shape index (κ3) is 7.61. The van der Waals surface area contributed by atoms with Crippen LogP contribution in [0.2, 0.25) is 5.02 Å². The molecule has 0 fully saturated rings. The number of carbonyl (C=O) groups excluding carboxylic acids is 2. The monoisotopic (exact) mass is 569 g/mol. The summed E-state index contributed by atoms with van der Waals surface area (Å²) in [5.41, 5.74) is 2.03. The minimum Gasteiger partial charge on any atom is -0.354 e. The van der Waals surface area contributed by atoms with E-state index < -0.39 is 28.5 Å². The highest BCUT2D eigenvalue weighted by Gasteiger charge is 2.34. The molecule has 0 unspecified atom stereocenters. The van der Waals surface area contributed by atoms with Crippen molar-refractivity contribution >= 4 is 39.1 Å². The second-order valence-corrected chi connectivity index (χ2v) is 11.6. The first-order valence-corrected chi connectivity index (χ1v) is 15.0. The fraction of sp³-hybridized carbons (Fsp3) is 0.333. The summed E-state index contributed by atoms with van der Waals surface area (Å²) in [6.07, 6.45) is 2.11. The molecule has 0 heterocycles. The highest BCUT2D eigenvalue weighted by Crippen LogP contribution is 2.31. The van der Waals surface area contributed by atoms with Gasteiger partial charge in [0.1, 0.15) is 12.6 Å². The van der Waals surface area contributed by atoms with Crippen LogP contribution < -0.4 is 9.62 Å². The maximum Gasteiger partial charge on any atom is 0.264 e. The molecule has 3 aromatic rings. The number of nitrogens with one attached hydrogen (secondary N) is 1. The Bertz CT molecular complexity index is 1370. The number of carbonyl (C=O) groups is 2. The Hall–Kier alpha value is -3.36. The molecule has 0 aliphatic carbocycles. The Balaban J connectivity index is 2.04. The standard InChI is InChI=1S/C30H36ClN3O4S/c1-4-6-20-32-30(36)27(5-2)33(21-24-15-11-10-14-23(24)3)29(35)22-34(28-19-13-12-18-26(28)31)39(37,38)25-16-8-7-9-17-25/h7-19,27H,4-6,20-22H2,1-3H3,(H,32,36)/t27-/m1/s1. The zero-order chi connectivity index (χ0) is 28.4. The predicted octanol–water partition coefficient (Wildman–Crippen LogP) is 5.57. The van der Waals surface area contributed by atoms with Crippen molar-refractivity contribution < 1.29 is 18.0 Å². The van der Waals surface area contributed by atoms with E-state index in [0.717, 1.165) is 28.3 Å². The van der Waals surface area contributed by atoms with E-state index in [1.54, 1.807) is 42.5 Å². The summed E-state index contributed by atoms with van der Waals surface area (Å²) in [5.74, 6) is -0.765. The number of hydrogen-bond acceptors (Lipinski definition) is 4. The molecule has 39 heavy (non-hydrogen) atoms. The van der Waals surface area contributed by atoms with E-state index in [4.69, 9.17) is 11.6 Å². The molecule has 208 valence electrons. The van der Waals surface area contributed by atoms with Crippen molar-refractivity contribution in [3.05, 3.63) is 95.0 Å². The minimum absolute atomic E-state index is 0.0347. The summed E-state index contributed by atoms with van der Waals surface area (Å²) in [5, 5.41) is 3.13. The zero-order valence-corrected chi connectivity index (χ0v) is 24.2. The smallest absolute Gasteiger partial charge is 0.264 e. The van der Waals surface area contributed by atoms with Crippen LogP contribution in [-0.2, 0) is 26.2 Å². The van der Waals surface area contributed by atoms with Gasteiger partial charge in [-0.2, -0.15) is 0 Å². The van der Waals surface area contributed by atoms with Gasteiger partial charge < -0.3 is 10.2 Å². The lowest BCUT2D eigenvalue weighted by Crippen LogP contribution is -2.52. The van der Waals surface area contributed by atoms with Crippen LogP contribution in [0.3, 0.4) is 0 Å². The molecule has 0 aliphatic rings. The number of para-hydroxylation sites is 1. The maximum atomic E-state index is 14.1. The first kappa shape index (κ1) is 30.2. The molecule has 0 saturated heterocycles. The van der Waals surface area contributed by atoms with Crippen LogP contribution >= 0.6 is 11.6 Å². The van der Waals surface area contributed by atoms with Gasteiger partial charge in [0, 0.05) is 13.1 Å². The number of aryl methyl sites for hydroxylation is 1. The Labute approximate surface area is 236 Å². The molecule has 1 atom stereocenters. The Morgan fingerprint density at radius 1 is 0.923 bits per heavy atom. The second kappa shape index (κ2) is 14.1. The number of hydrogen-bond donors (Lipinski definition) is 1. The van der Waals surface area contributed by atoms with Crippen molar-refractivity contribution in [2.24, 2.45) is 0 Å². The number of amides is 2. The summed E-state index contributed by atoms with van der Waals surface area (Å²) in [6, 6.07) is 21.3. The Morgan fingerprint density at radius 3 is 2.21 bits per heavy atom. The fourth-order valence-electron chi connectivity index (χ4n) is 4.28. The molecule has 0 spiro atoms. The van der Waals surface area contributed by atoms with Gasteiger partial charge in [0.05, 0.1) is 15.6 Å². The maximum absolute atomic E-state index is 14.1. The van der Waals surface area contributed by atoms with Crippen LogP contribution in [0, 0.1) is 6.92 Å². The average Bonchev–Trinajstić information content (AvgIpc) is 2.93. The molecule has 0 radical (unpaired) electrons. The van der Waals surface area contributed by atoms with Gasteiger partial charge in [-0.05, 0) is 55.2 Å². The van der Waals surface area contributed by atoms with E-state index in [2.05, 4.69) is 5.32 Å². The Morgan fingerprint density at radius 2 is 1.56 bits per heavy atom. The molecule has 2 amide bonds. The first-order valence-electron chi connectivity index (χ1n) is 13.1. The third-order valence-corrected chi connectivity index (χ3v) is 8.64. The van der Waals surface area contributed by atoms with Gasteiger partial charge in [0.15, 0.2) is 0 Å². The minimum atomic E-state index is -4.16. The van der Waals surface area contributed by atoms with Gasteiger partial charge in [-0.3, -0.25) is 13.9 Å². The van der Waals surface area contributed by atoms with Gasteiger partial charge in [-0.1, -0.05) is 86.5 Å². The fourth-order valence-corrected chi connectivity index (χ4v) is 6.03. The van der Waals surface area contributed by atoms with Crippen LogP contribution in [-0.4, -0.2) is 44.3 Å². The molecule has 3 rings (SSSR count). The van der Waals surface area contributed by atoms with E-state index in [9.17, 15) is 18.0 Å². The molecule has 1 N–H and O–H groups in total. The van der Waals surface area contributed by atoms with E-state index in [-0.39, 0.29) is 28.1 Å². The number of unbranched alkanes of at least 4 members (excludes halogenated alkanes) is 1. The van der Waals surface area contributed by atoms with Gasteiger partial charge in [-0.15, -0.1) is 0 Å². The number of halogens is 1. The highest BCUT2D eigenvalue weighted by molar-refractivity contribution is 7.92. The van der Waals surface area contributed by atoms with Gasteiger partial charge in [-0.25, -0.2) is 8.42 Å². The van der Waals surface area contributed by atoms with Crippen molar-refractivity contribution in [2.75, 3.05) is 17.4 Å². The highest BCUT2D eigenvalue weighted by atomic mass is 35.5. The van der Waals surface area contributed by atoms with E-state index in [1.807, 2.05) is 45.0 Å². The van der Waals surface area contributed by atoms with Gasteiger partial charge >= 0.3 is 0 Å². The second-order valence-electron chi connectivity index (χ2n) is 9.29. The first-order chi connectivity index (χ1) is 18.7. The van der Waals surface area contributed by atoms with Crippen LogP contribution in [0.15, 0.2) is 83.8 Å². The van der Waals surface area contributed by atoms with Crippen molar-refractivity contribution in [3.8, 4) is 0 Å². The van der Waals surface area contributed by atoms with Crippen LogP contribution in [0.1, 0.15) is 44.2 Å². The largest absolute Gasteiger partial charge is 0.354 e. The molecule has 7 nitrogen and oxygen atoms in total. The summed E-state index contributed by atoms with van der Waals surface area (Å²) in [7, 11) is -4.16. The quantitative estimate of drug-likeness (QED) is 0.273. The van der Waals surface area contributed by atoms with Crippen LogP contribution in [0.25, 0.3) is 0 Å². The van der Waals surface area contributed by atoms with Crippen LogP contribution in [0.4, 0.5) is 5.69 Å². The molecule has 9 heteroatoms. The number of anilines is 1. The van der Waals surface area contributed by atoms with E-state index in [1.165, 1.54) is 17.0 Å². The summed E-state index contributed by atoms with van der Waals surface area (Å²) < 4.78 is 28.7. The van der Waals surface area contributed by atoms with Gasteiger partial charge in [0.25, 0.3) is 10.0 Å². The predicted molar refractivity (Wildman–Crippen MR) is 156 cm³/mol. The summed E-state index contributed by atoms with van der Waals surface area (Å²) in [6.45, 7) is 5.96. The van der Waals surface area contributed by atoms with Crippen molar-refractivity contribution in [1.82, 2.24) is 10.2 Å². The molecule has 0 saturated carbocycles. The molecule has 3 aromatic carbocycles. The normalized spacial score (nSPS) is 12.0. The topological polar surface area (TPSA) is 86.8 Å². The average molecular weight is 570 g/mol. The lowest BCUT2D eigenvalue weighted by Gasteiger charge is -2.33. The third-order valence-electron chi connectivity index (χ3n) is 6.55. The van der Waals surface area contributed by atoms with Crippen LogP contribution in [0.5, 0.6) is 0 Å². The summed E-state index contributed by atoms with van der Waals surface area (Å²) in [4.78, 5) is 28.8. The molecule has 0 aromatic heterocycles. The van der Waals surface area contributed by atoms with Crippen molar-refractivity contribution in [1.29, 1.82) is 0 Å². The molecular weight excluding hydrogens is 534 g/mol. The van der Waals surface area contributed by atoms with Crippen molar-refractivity contribution in [3.63, 3.8) is 0 Å². The number of sulfonamides is 1. The zero-order valence-electron chi connectivity index (χ0n) is 22.6. The molecular formula is C30H36ClN3O4S. The van der Waals surface area contributed by atoms with Crippen molar-refractivity contribution in [2.45, 2.75) is 57.5 Å². The van der Waals surface area contributed by atoms with E-state index >= 15 is 0 Å². The lowest BCUT2D eigenvalue weighted by molar-refractivity contribution is -0.140. The molecule has 0 aliphatic heterocycles. The Kier molecular flexibility index (Phi) is 10.9. The SMILES string of the molecule is CCCCNC(=O)[C@@H](CC)N(Cc1ccccc1C)C(=O)CN(c1ccccc1Cl)S(=O)(=O)c1ccccc1. The number of rotatable bonds is 13. The lowest BCUT2D eigenvalue weighted by atomic mass is 10.1. The molecule has 0 bridgehead atoms. The van der Waals surface area contributed by atoms with Gasteiger partial charge in [0.2, 0.25) is 11.8 Å². The number of benzene rings is 3.